The smallest absolute Gasteiger partial charge is 0.180 e. The van der Waals surface area contributed by atoms with E-state index in [1.165, 1.54) is 26.3 Å². The summed E-state index contributed by atoms with van der Waals surface area (Å²) in [7, 11) is -2.85. The molecule has 7 aromatic carbocycles. The van der Waals surface area contributed by atoms with E-state index in [-0.39, 0.29) is 0 Å². The zero-order chi connectivity index (χ0) is 32.5. The quantitative estimate of drug-likeness (QED) is 0.141. The fraction of sp³-hybridized carbons (Fsp3) is 0. The second-order valence-electron chi connectivity index (χ2n) is 11.9. The summed E-state index contributed by atoms with van der Waals surface area (Å²) in [6.07, 6.45) is 0. The fourth-order valence-electron chi connectivity index (χ4n) is 7.39. The van der Waals surface area contributed by atoms with Crippen molar-refractivity contribution in [2.45, 2.75) is 0 Å². The van der Waals surface area contributed by atoms with Gasteiger partial charge in [-0.2, -0.15) is 10.5 Å². The molecule has 0 radical (unpaired) electrons. The van der Waals surface area contributed by atoms with E-state index in [2.05, 4.69) is 156 Å². The lowest BCUT2D eigenvalue weighted by atomic mass is 10.0. The van der Waals surface area contributed by atoms with Crippen LogP contribution in [-0.2, 0) is 0 Å². The van der Waals surface area contributed by atoms with Crippen LogP contribution in [-0.4, -0.2) is 12.6 Å². The fourth-order valence-corrected chi connectivity index (χ4v) is 12.4. The highest BCUT2D eigenvalue weighted by atomic mass is 28.3. The maximum atomic E-state index is 9.77. The van der Waals surface area contributed by atoms with Crippen LogP contribution >= 0.6 is 0 Å². The number of benzene rings is 7. The first-order chi connectivity index (χ1) is 23.7. The first-order valence-electron chi connectivity index (χ1n) is 16.0. The van der Waals surface area contributed by atoms with Gasteiger partial charge in [-0.1, -0.05) is 133 Å². The summed E-state index contributed by atoms with van der Waals surface area (Å²) in [5, 5.41) is 26.7. The zero-order valence-electron chi connectivity index (χ0n) is 26.1. The lowest BCUT2D eigenvalue weighted by molar-refractivity contribution is 1.18. The van der Waals surface area contributed by atoms with Gasteiger partial charge in [-0.3, -0.25) is 0 Å². The number of aromatic nitrogens is 1. The normalized spacial score (nSPS) is 11.3. The van der Waals surface area contributed by atoms with Crippen molar-refractivity contribution in [3.05, 3.63) is 187 Å². The molecular formula is C44H29N3Si. The van der Waals surface area contributed by atoms with Crippen LogP contribution in [0.15, 0.2) is 176 Å². The van der Waals surface area contributed by atoms with Crippen molar-refractivity contribution in [2.75, 3.05) is 0 Å². The van der Waals surface area contributed by atoms with Gasteiger partial charge >= 0.3 is 0 Å². The van der Waals surface area contributed by atoms with Gasteiger partial charge in [0.15, 0.2) is 8.07 Å². The minimum absolute atomic E-state index is 0.590. The van der Waals surface area contributed by atoms with E-state index in [0.29, 0.717) is 11.1 Å². The molecule has 0 saturated carbocycles. The highest BCUT2D eigenvalue weighted by Gasteiger charge is 2.43. The zero-order valence-corrected chi connectivity index (χ0v) is 27.1. The second kappa shape index (κ2) is 12.0. The molecule has 8 aromatic rings. The molecule has 0 aliphatic carbocycles. The number of para-hydroxylation sites is 1. The molecule has 0 saturated heterocycles. The summed E-state index contributed by atoms with van der Waals surface area (Å²) in [4.78, 5) is 0. The molecule has 0 aliphatic rings. The Kier molecular flexibility index (Phi) is 7.27. The number of nitrogens with zero attached hydrogens (tertiary/aromatic N) is 3. The van der Waals surface area contributed by atoms with E-state index in [4.69, 9.17) is 0 Å². The van der Waals surface area contributed by atoms with Crippen molar-refractivity contribution in [2.24, 2.45) is 0 Å². The molecule has 3 nitrogen and oxygen atoms in total. The van der Waals surface area contributed by atoms with Crippen molar-refractivity contribution < 1.29 is 0 Å². The summed E-state index contributed by atoms with van der Waals surface area (Å²) in [6.45, 7) is 0. The van der Waals surface area contributed by atoms with Gasteiger partial charge in [0.2, 0.25) is 0 Å². The number of rotatable bonds is 6. The molecule has 0 unspecified atom stereocenters. The Morgan fingerprint density at radius 1 is 0.417 bits per heavy atom. The summed E-state index contributed by atoms with van der Waals surface area (Å²) in [5.74, 6) is 0. The largest absolute Gasteiger partial charge is 0.309 e. The molecular weight excluding hydrogens is 599 g/mol. The minimum Gasteiger partial charge on any atom is -0.309 e. The monoisotopic (exact) mass is 627 g/mol. The van der Waals surface area contributed by atoms with Crippen LogP contribution in [0.1, 0.15) is 11.1 Å². The Labute approximate surface area is 280 Å². The van der Waals surface area contributed by atoms with E-state index in [0.717, 1.165) is 33.1 Å². The molecule has 0 fully saturated rings. The average Bonchev–Trinajstić information content (AvgIpc) is 3.49. The van der Waals surface area contributed by atoms with Gasteiger partial charge in [-0.15, -0.1) is 0 Å². The standard InChI is InChI=1S/C44H29N3Si/c45-30-32-24-26-42-39(28-32)40-29-33(31-46)25-27-43(40)47(42)41-22-12-10-20-37(41)38-21-11-13-23-44(38)48(34-14-4-1-5-15-34,35-16-6-2-7-17-35)36-18-8-3-9-19-36/h1-29H. The van der Waals surface area contributed by atoms with E-state index < -0.39 is 8.07 Å². The lowest BCUT2D eigenvalue weighted by Crippen LogP contribution is -2.75. The number of fused-ring (bicyclic) bond motifs is 3. The molecule has 0 aliphatic heterocycles. The van der Waals surface area contributed by atoms with Gasteiger partial charge in [0, 0.05) is 16.3 Å². The highest BCUT2D eigenvalue weighted by Crippen LogP contribution is 2.37. The second-order valence-corrected chi connectivity index (χ2v) is 15.7. The van der Waals surface area contributed by atoms with Crippen LogP contribution < -0.4 is 20.7 Å². The third kappa shape index (κ3) is 4.55. The Hall–Kier alpha value is -6.46. The first kappa shape index (κ1) is 29.0. The maximum Gasteiger partial charge on any atom is 0.180 e. The third-order valence-corrected chi connectivity index (χ3v) is 14.3. The number of hydrogen-bond acceptors (Lipinski definition) is 2. The third-order valence-electron chi connectivity index (χ3n) is 9.41. The van der Waals surface area contributed by atoms with Crippen LogP contribution in [0.3, 0.4) is 0 Å². The van der Waals surface area contributed by atoms with E-state index >= 15 is 0 Å². The van der Waals surface area contributed by atoms with Crippen molar-refractivity contribution >= 4 is 50.6 Å². The molecule has 0 atom stereocenters. The van der Waals surface area contributed by atoms with Crippen LogP contribution in [0.4, 0.5) is 0 Å². The molecule has 48 heavy (non-hydrogen) atoms. The molecule has 224 valence electrons. The van der Waals surface area contributed by atoms with Crippen LogP contribution in [0.2, 0.25) is 0 Å². The van der Waals surface area contributed by atoms with Gasteiger partial charge < -0.3 is 4.57 Å². The predicted molar refractivity (Wildman–Crippen MR) is 199 cm³/mol. The SMILES string of the molecule is N#Cc1ccc2c(c1)c1cc(C#N)ccc1n2-c1ccccc1-c1ccccc1[Si](c1ccccc1)(c1ccccc1)c1ccccc1. The van der Waals surface area contributed by atoms with Crippen LogP contribution in [0.25, 0.3) is 38.6 Å². The topological polar surface area (TPSA) is 52.5 Å². The van der Waals surface area contributed by atoms with Crippen molar-refractivity contribution in [1.82, 2.24) is 4.57 Å². The lowest BCUT2D eigenvalue weighted by Gasteiger charge is -2.36. The summed E-state index contributed by atoms with van der Waals surface area (Å²) in [5.41, 5.74) is 6.48. The minimum atomic E-state index is -2.85. The molecule has 0 spiro atoms. The molecule has 0 bridgehead atoms. The summed E-state index contributed by atoms with van der Waals surface area (Å²) < 4.78 is 2.29. The first-order valence-corrected chi connectivity index (χ1v) is 18.0. The molecule has 0 N–H and O–H groups in total. The Morgan fingerprint density at radius 2 is 0.833 bits per heavy atom. The van der Waals surface area contributed by atoms with Crippen LogP contribution in [0.5, 0.6) is 0 Å². The highest BCUT2D eigenvalue weighted by molar-refractivity contribution is 7.20. The van der Waals surface area contributed by atoms with Gasteiger partial charge in [0.25, 0.3) is 0 Å². The predicted octanol–water partition coefficient (Wildman–Crippen LogP) is 7.57. The maximum absolute atomic E-state index is 9.77. The molecule has 4 heteroatoms. The summed E-state index contributed by atoms with van der Waals surface area (Å²) in [6, 6.07) is 66.7. The summed E-state index contributed by atoms with van der Waals surface area (Å²) >= 11 is 0. The van der Waals surface area contributed by atoms with Crippen molar-refractivity contribution in [3.8, 4) is 29.0 Å². The van der Waals surface area contributed by atoms with E-state index in [1.807, 2.05) is 36.4 Å². The van der Waals surface area contributed by atoms with Crippen molar-refractivity contribution in [3.63, 3.8) is 0 Å². The van der Waals surface area contributed by atoms with Crippen molar-refractivity contribution in [1.29, 1.82) is 10.5 Å². The van der Waals surface area contributed by atoms with Gasteiger partial charge in [0.05, 0.1) is 40.0 Å². The number of hydrogen-bond donors (Lipinski definition) is 0. The molecule has 0 amide bonds. The van der Waals surface area contributed by atoms with Gasteiger partial charge in [-0.05, 0) is 68.8 Å². The Bertz CT molecular complexity index is 2350. The molecule has 1 aromatic heterocycles. The van der Waals surface area contributed by atoms with E-state index in [9.17, 15) is 10.5 Å². The molecule has 1 heterocycles. The Balaban J connectivity index is 1.48. The van der Waals surface area contributed by atoms with Crippen LogP contribution in [0, 0.1) is 22.7 Å². The average molecular weight is 628 g/mol. The van der Waals surface area contributed by atoms with Gasteiger partial charge in [0.1, 0.15) is 0 Å². The Morgan fingerprint density at radius 3 is 1.31 bits per heavy atom. The van der Waals surface area contributed by atoms with Gasteiger partial charge in [-0.25, -0.2) is 0 Å². The van der Waals surface area contributed by atoms with E-state index in [1.54, 1.807) is 0 Å². The number of nitriles is 2. The molecule has 8 rings (SSSR count).